The molecule has 2 rings (SSSR count). The molecule has 1 aliphatic rings. The third kappa shape index (κ3) is 2.82. The van der Waals surface area contributed by atoms with Crippen LogP contribution >= 0.6 is 0 Å². The van der Waals surface area contributed by atoms with Crippen LogP contribution in [0.15, 0.2) is 12.1 Å². The highest BCUT2D eigenvalue weighted by atomic mass is 16.1. The fraction of sp³-hybridized carbons (Fsp3) is 0.538. The minimum absolute atomic E-state index is 0.0320. The first-order valence-corrected chi connectivity index (χ1v) is 6.04. The zero-order valence-corrected chi connectivity index (χ0v) is 10.4. The zero-order valence-electron chi connectivity index (χ0n) is 10.4. The SMILES string of the molecule is Cc1ccc(C(=O)NCC2CC(N)C2)c(C)n1. The lowest BCUT2D eigenvalue weighted by Crippen LogP contribution is -2.42. The van der Waals surface area contributed by atoms with E-state index >= 15 is 0 Å². The van der Waals surface area contributed by atoms with E-state index < -0.39 is 0 Å². The number of hydrogen-bond donors (Lipinski definition) is 2. The van der Waals surface area contributed by atoms with Gasteiger partial charge in [0.25, 0.3) is 5.91 Å². The molecule has 0 aliphatic heterocycles. The van der Waals surface area contributed by atoms with Crippen molar-refractivity contribution >= 4 is 5.91 Å². The van der Waals surface area contributed by atoms with Gasteiger partial charge in [0.05, 0.1) is 11.3 Å². The van der Waals surface area contributed by atoms with Gasteiger partial charge in [-0.25, -0.2) is 0 Å². The zero-order chi connectivity index (χ0) is 12.4. The molecule has 92 valence electrons. The molecule has 4 heteroatoms. The van der Waals surface area contributed by atoms with Crippen LogP contribution in [0, 0.1) is 19.8 Å². The molecular formula is C13H19N3O. The summed E-state index contributed by atoms with van der Waals surface area (Å²) in [5, 5.41) is 2.95. The van der Waals surface area contributed by atoms with Crippen LogP contribution in [0.5, 0.6) is 0 Å². The Morgan fingerprint density at radius 2 is 2.18 bits per heavy atom. The van der Waals surface area contributed by atoms with Gasteiger partial charge in [-0.3, -0.25) is 9.78 Å². The summed E-state index contributed by atoms with van der Waals surface area (Å²) in [6.07, 6.45) is 2.04. The Hall–Kier alpha value is -1.42. The maximum absolute atomic E-state index is 11.9. The lowest BCUT2D eigenvalue weighted by Gasteiger charge is -2.32. The van der Waals surface area contributed by atoms with E-state index in [0.29, 0.717) is 17.5 Å². The summed E-state index contributed by atoms with van der Waals surface area (Å²) in [6.45, 7) is 4.51. The van der Waals surface area contributed by atoms with E-state index in [-0.39, 0.29) is 5.91 Å². The van der Waals surface area contributed by atoms with Crippen LogP contribution in [0.3, 0.4) is 0 Å². The van der Waals surface area contributed by atoms with E-state index in [1.807, 2.05) is 26.0 Å². The van der Waals surface area contributed by atoms with Crippen LogP contribution in [-0.2, 0) is 0 Å². The first-order valence-electron chi connectivity index (χ1n) is 6.04. The normalized spacial score (nSPS) is 23.0. The Morgan fingerprint density at radius 3 is 2.76 bits per heavy atom. The topological polar surface area (TPSA) is 68.0 Å². The van der Waals surface area contributed by atoms with Crippen LogP contribution in [-0.4, -0.2) is 23.5 Å². The van der Waals surface area contributed by atoms with Crippen molar-refractivity contribution in [1.82, 2.24) is 10.3 Å². The second-order valence-electron chi connectivity index (χ2n) is 4.89. The number of nitrogens with zero attached hydrogens (tertiary/aromatic N) is 1. The monoisotopic (exact) mass is 233 g/mol. The summed E-state index contributed by atoms with van der Waals surface area (Å²) in [5.41, 5.74) is 8.09. The first kappa shape index (κ1) is 12.0. The number of aromatic nitrogens is 1. The summed E-state index contributed by atoms with van der Waals surface area (Å²) >= 11 is 0. The molecule has 0 atom stereocenters. The summed E-state index contributed by atoms with van der Waals surface area (Å²) in [5.74, 6) is 0.517. The number of nitrogens with one attached hydrogen (secondary N) is 1. The third-order valence-electron chi connectivity index (χ3n) is 3.29. The van der Waals surface area contributed by atoms with Crippen molar-refractivity contribution < 1.29 is 4.79 Å². The van der Waals surface area contributed by atoms with Crippen molar-refractivity contribution in [3.63, 3.8) is 0 Å². The molecule has 1 aliphatic carbocycles. The van der Waals surface area contributed by atoms with E-state index in [4.69, 9.17) is 5.73 Å². The second-order valence-corrected chi connectivity index (χ2v) is 4.89. The lowest BCUT2D eigenvalue weighted by atomic mass is 9.81. The predicted octanol–water partition coefficient (Wildman–Crippen LogP) is 1.17. The fourth-order valence-electron chi connectivity index (χ4n) is 2.21. The fourth-order valence-corrected chi connectivity index (χ4v) is 2.21. The van der Waals surface area contributed by atoms with Crippen molar-refractivity contribution in [2.75, 3.05) is 6.54 Å². The number of hydrogen-bond acceptors (Lipinski definition) is 3. The standard InChI is InChI=1S/C13H19N3O/c1-8-3-4-12(9(2)16-8)13(17)15-7-10-5-11(14)6-10/h3-4,10-11H,5-7,14H2,1-2H3,(H,15,17). The van der Waals surface area contributed by atoms with Gasteiger partial charge in [0.15, 0.2) is 0 Å². The van der Waals surface area contributed by atoms with Crippen LogP contribution in [0.4, 0.5) is 0 Å². The van der Waals surface area contributed by atoms with Crippen molar-refractivity contribution in [1.29, 1.82) is 0 Å². The van der Waals surface area contributed by atoms with Crippen LogP contribution < -0.4 is 11.1 Å². The second kappa shape index (κ2) is 4.84. The first-order chi connectivity index (χ1) is 8.06. The lowest BCUT2D eigenvalue weighted by molar-refractivity contribution is 0.0934. The Balaban J connectivity index is 1.91. The predicted molar refractivity (Wildman–Crippen MR) is 66.7 cm³/mol. The van der Waals surface area contributed by atoms with Crippen molar-refractivity contribution in [2.24, 2.45) is 11.7 Å². The molecule has 1 amide bonds. The van der Waals surface area contributed by atoms with E-state index in [2.05, 4.69) is 10.3 Å². The van der Waals surface area contributed by atoms with Crippen LogP contribution in [0.1, 0.15) is 34.6 Å². The van der Waals surface area contributed by atoms with E-state index in [1.165, 1.54) is 0 Å². The molecule has 0 unspecified atom stereocenters. The highest BCUT2D eigenvalue weighted by Crippen LogP contribution is 2.24. The van der Waals surface area contributed by atoms with Crippen LogP contribution in [0.25, 0.3) is 0 Å². The molecule has 0 spiro atoms. The van der Waals surface area contributed by atoms with Gasteiger partial charge < -0.3 is 11.1 Å². The molecular weight excluding hydrogens is 214 g/mol. The maximum Gasteiger partial charge on any atom is 0.253 e. The largest absolute Gasteiger partial charge is 0.352 e. The average Bonchev–Trinajstić information content (AvgIpc) is 2.22. The number of amides is 1. The van der Waals surface area contributed by atoms with Crippen molar-refractivity contribution in [3.8, 4) is 0 Å². The molecule has 1 saturated carbocycles. The minimum atomic E-state index is -0.0320. The molecule has 1 aromatic rings. The van der Waals surface area contributed by atoms with Gasteiger partial charge in [0.1, 0.15) is 0 Å². The van der Waals surface area contributed by atoms with Crippen LogP contribution in [0.2, 0.25) is 0 Å². The minimum Gasteiger partial charge on any atom is -0.352 e. The summed E-state index contributed by atoms with van der Waals surface area (Å²) in [4.78, 5) is 16.2. The smallest absolute Gasteiger partial charge is 0.253 e. The Bertz CT molecular complexity index is 425. The number of pyridine rings is 1. The Kier molecular flexibility index (Phi) is 3.43. The number of aryl methyl sites for hydroxylation is 2. The van der Waals surface area contributed by atoms with Gasteiger partial charge in [-0.15, -0.1) is 0 Å². The Morgan fingerprint density at radius 1 is 1.47 bits per heavy atom. The maximum atomic E-state index is 11.9. The highest BCUT2D eigenvalue weighted by molar-refractivity contribution is 5.95. The molecule has 0 aromatic carbocycles. The number of carbonyl (C=O) groups excluding carboxylic acids is 1. The van der Waals surface area contributed by atoms with E-state index in [0.717, 1.165) is 30.8 Å². The Labute approximate surface area is 102 Å². The summed E-state index contributed by atoms with van der Waals surface area (Å²) < 4.78 is 0. The number of nitrogens with two attached hydrogens (primary N) is 1. The van der Waals surface area contributed by atoms with E-state index in [9.17, 15) is 4.79 Å². The molecule has 0 saturated heterocycles. The molecule has 17 heavy (non-hydrogen) atoms. The molecule has 3 N–H and O–H groups in total. The van der Waals surface area contributed by atoms with Crippen molar-refractivity contribution in [2.45, 2.75) is 32.7 Å². The molecule has 1 heterocycles. The number of carbonyl (C=O) groups is 1. The van der Waals surface area contributed by atoms with Gasteiger partial charge in [-0.1, -0.05) is 0 Å². The molecule has 1 fully saturated rings. The molecule has 4 nitrogen and oxygen atoms in total. The quantitative estimate of drug-likeness (QED) is 0.823. The molecule has 1 aromatic heterocycles. The average molecular weight is 233 g/mol. The number of rotatable bonds is 3. The summed E-state index contributed by atoms with van der Waals surface area (Å²) in [7, 11) is 0. The molecule has 0 bridgehead atoms. The van der Waals surface area contributed by atoms with Gasteiger partial charge >= 0.3 is 0 Å². The third-order valence-corrected chi connectivity index (χ3v) is 3.29. The van der Waals surface area contributed by atoms with Gasteiger partial charge in [-0.2, -0.15) is 0 Å². The van der Waals surface area contributed by atoms with E-state index in [1.54, 1.807) is 0 Å². The van der Waals surface area contributed by atoms with Gasteiger partial charge in [-0.05, 0) is 44.7 Å². The van der Waals surface area contributed by atoms with Gasteiger partial charge in [0, 0.05) is 18.3 Å². The highest BCUT2D eigenvalue weighted by Gasteiger charge is 2.26. The summed E-state index contributed by atoms with van der Waals surface area (Å²) in [6, 6.07) is 4.03. The molecule has 0 radical (unpaired) electrons. The van der Waals surface area contributed by atoms with Crippen molar-refractivity contribution in [3.05, 3.63) is 29.1 Å². The van der Waals surface area contributed by atoms with Gasteiger partial charge in [0.2, 0.25) is 0 Å².